The van der Waals surface area contributed by atoms with Crippen LogP contribution < -0.4 is 10.3 Å². The number of H-pyrrole nitrogens is 1. The number of benzene rings is 2. The highest BCUT2D eigenvalue weighted by atomic mass is 32.1. The predicted octanol–water partition coefficient (Wildman–Crippen LogP) is 3.19. The second kappa shape index (κ2) is 8.87. The molecular weight excluding hydrogens is 348 g/mol. The van der Waals surface area contributed by atoms with Crippen molar-refractivity contribution < 1.29 is 4.74 Å². The van der Waals surface area contributed by atoms with E-state index in [4.69, 9.17) is 17.0 Å². The Morgan fingerprint density at radius 2 is 1.92 bits per heavy atom. The van der Waals surface area contributed by atoms with E-state index in [0.29, 0.717) is 6.61 Å². The van der Waals surface area contributed by atoms with Crippen molar-refractivity contribution in [3.05, 3.63) is 87.0 Å². The fraction of sp³-hybridized carbons (Fsp3) is 0.158. The molecule has 26 heavy (non-hydrogen) atoms. The van der Waals surface area contributed by atoms with Gasteiger partial charge in [-0.05, 0) is 60.5 Å². The van der Waals surface area contributed by atoms with Gasteiger partial charge in [0.1, 0.15) is 11.9 Å². The molecule has 0 atom stereocenters. The van der Waals surface area contributed by atoms with Gasteiger partial charge in [-0.3, -0.25) is 9.89 Å². The first-order chi connectivity index (χ1) is 12.7. The lowest BCUT2D eigenvalue weighted by molar-refractivity contribution is 0.311. The van der Waals surface area contributed by atoms with Crippen LogP contribution in [0, 0.1) is 4.77 Å². The molecule has 6 nitrogen and oxygen atoms in total. The lowest BCUT2D eigenvalue weighted by atomic mass is 10.1. The van der Waals surface area contributed by atoms with Crippen LogP contribution in [0.5, 0.6) is 5.75 Å². The normalized spacial score (nSPS) is 10.9. The van der Waals surface area contributed by atoms with Crippen molar-refractivity contribution in [2.45, 2.75) is 12.8 Å². The first-order valence-corrected chi connectivity index (χ1v) is 8.61. The smallest absolute Gasteiger partial charge is 0.293 e. The van der Waals surface area contributed by atoms with Crippen molar-refractivity contribution in [1.82, 2.24) is 14.9 Å². The van der Waals surface area contributed by atoms with Crippen molar-refractivity contribution in [1.29, 1.82) is 0 Å². The van der Waals surface area contributed by atoms with Gasteiger partial charge < -0.3 is 4.74 Å². The number of rotatable bonds is 7. The first-order valence-electron chi connectivity index (χ1n) is 8.20. The molecule has 0 spiro atoms. The Morgan fingerprint density at radius 1 is 1.15 bits per heavy atom. The number of hydrogen-bond acceptors (Lipinski definition) is 5. The Hall–Kier alpha value is -3.06. The van der Waals surface area contributed by atoms with Crippen LogP contribution >= 0.6 is 12.2 Å². The lowest BCUT2D eigenvalue weighted by Gasteiger charge is -2.06. The summed E-state index contributed by atoms with van der Waals surface area (Å²) in [6.07, 6.45) is 4.63. The average molecular weight is 366 g/mol. The minimum Gasteiger partial charge on any atom is -0.494 e. The number of nitrogens with zero attached hydrogens (tertiary/aromatic N) is 3. The maximum atomic E-state index is 11.6. The average Bonchev–Trinajstić information content (AvgIpc) is 2.67. The second-order valence-electron chi connectivity index (χ2n) is 5.58. The summed E-state index contributed by atoms with van der Waals surface area (Å²) in [4.78, 5) is 11.6. The fourth-order valence-electron chi connectivity index (χ4n) is 2.34. The molecular formula is C19H18N4O2S. The lowest BCUT2D eigenvalue weighted by Crippen LogP contribution is -2.18. The SMILES string of the molecule is O=c1cn[nH]c(=S)n1/N=C\c1ccc(OCCCc2ccccc2)cc1. The van der Waals surface area contributed by atoms with Gasteiger partial charge in [0.25, 0.3) is 5.56 Å². The number of nitrogens with one attached hydrogen (secondary N) is 1. The third-order valence-corrected chi connectivity index (χ3v) is 3.92. The van der Waals surface area contributed by atoms with Crippen molar-refractivity contribution in [3.63, 3.8) is 0 Å². The van der Waals surface area contributed by atoms with Crippen LogP contribution in [-0.4, -0.2) is 27.7 Å². The van der Waals surface area contributed by atoms with Crippen LogP contribution in [0.2, 0.25) is 0 Å². The van der Waals surface area contributed by atoms with Crippen LogP contribution in [0.3, 0.4) is 0 Å². The molecule has 1 aromatic heterocycles. The van der Waals surface area contributed by atoms with E-state index >= 15 is 0 Å². The largest absolute Gasteiger partial charge is 0.494 e. The molecule has 0 saturated heterocycles. The quantitative estimate of drug-likeness (QED) is 0.396. The first kappa shape index (κ1) is 17.8. The van der Waals surface area contributed by atoms with Gasteiger partial charge in [-0.25, -0.2) is 0 Å². The minimum atomic E-state index is -0.386. The predicted molar refractivity (Wildman–Crippen MR) is 103 cm³/mol. The van der Waals surface area contributed by atoms with Crippen molar-refractivity contribution in [2.75, 3.05) is 6.61 Å². The molecule has 0 fully saturated rings. The highest BCUT2D eigenvalue weighted by Gasteiger charge is 1.97. The van der Waals surface area contributed by atoms with E-state index in [0.717, 1.165) is 35.0 Å². The summed E-state index contributed by atoms with van der Waals surface area (Å²) in [5.41, 5.74) is 1.76. The molecule has 132 valence electrons. The topological polar surface area (TPSA) is 72.3 Å². The third-order valence-electron chi connectivity index (χ3n) is 3.66. The van der Waals surface area contributed by atoms with Crippen LogP contribution in [0.1, 0.15) is 17.5 Å². The van der Waals surface area contributed by atoms with Gasteiger partial charge in [-0.15, -0.1) is 0 Å². The number of aryl methyl sites for hydroxylation is 1. The van der Waals surface area contributed by atoms with Gasteiger partial charge in [-0.2, -0.15) is 14.9 Å². The maximum absolute atomic E-state index is 11.6. The van der Waals surface area contributed by atoms with Crippen LogP contribution in [-0.2, 0) is 6.42 Å². The summed E-state index contributed by atoms with van der Waals surface area (Å²) in [6.45, 7) is 0.657. The molecule has 7 heteroatoms. The standard InChI is InChI=1S/C19H18N4O2S/c24-18-14-20-22-19(26)23(18)21-13-16-8-10-17(11-9-16)25-12-4-7-15-5-2-1-3-6-15/h1-3,5-6,8-11,13-14H,4,7,12H2,(H,22,26)/b21-13-. The van der Waals surface area contributed by atoms with Gasteiger partial charge in [0.05, 0.1) is 12.8 Å². The van der Waals surface area contributed by atoms with Gasteiger partial charge in [0, 0.05) is 0 Å². The van der Waals surface area contributed by atoms with Crippen LogP contribution in [0.25, 0.3) is 0 Å². The van der Waals surface area contributed by atoms with Crippen molar-refractivity contribution >= 4 is 18.4 Å². The Bertz CT molecular complexity index is 950. The number of ether oxygens (including phenoxy) is 1. The van der Waals surface area contributed by atoms with Crippen LogP contribution in [0.15, 0.2) is 70.7 Å². The summed E-state index contributed by atoms with van der Waals surface area (Å²) in [7, 11) is 0. The zero-order valence-corrected chi connectivity index (χ0v) is 14.9. The molecule has 3 aromatic rings. The fourth-order valence-corrected chi connectivity index (χ4v) is 2.53. The Balaban J connectivity index is 1.53. The van der Waals surface area contributed by atoms with Crippen molar-refractivity contribution in [3.8, 4) is 5.75 Å². The maximum Gasteiger partial charge on any atom is 0.293 e. The summed E-state index contributed by atoms with van der Waals surface area (Å²) in [5.74, 6) is 0.800. The van der Waals surface area contributed by atoms with Gasteiger partial charge in [0.2, 0.25) is 4.77 Å². The van der Waals surface area contributed by atoms with E-state index in [1.165, 1.54) is 5.56 Å². The highest BCUT2D eigenvalue weighted by Crippen LogP contribution is 2.12. The summed E-state index contributed by atoms with van der Waals surface area (Å²) in [5, 5.41) is 10.2. The molecule has 0 saturated carbocycles. The van der Waals surface area contributed by atoms with Crippen LogP contribution in [0.4, 0.5) is 0 Å². The zero-order chi connectivity index (χ0) is 18.2. The summed E-state index contributed by atoms with van der Waals surface area (Å²) < 4.78 is 6.98. The molecule has 1 heterocycles. The van der Waals surface area contributed by atoms with Gasteiger partial charge >= 0.3 is 0 Å². The molecule has 0 amide bonds. The molecule has 0 aliphatic heterocycles. The monoisotopic (exact) mass is 366 g/mol. The summed E-state index contributed by atoms with van der Waals surface area (Å²) in [6, 6.07) is 17.8. The van der Waals surface area contributed by atoms with E-state index in [1.807, 2.05) is 42.5 Å². The van der Waals surface area contributed by atoms with Gasteiger partial charge in [-0.1, -0.05) is 30.3 Å². The molecule has 0 aliphatic carbocycles. The van der Waals surface area contributed by atoms with E-state index in [-0.39, 0.29) is 10.3 Å². The molecule has 3 rings (SSSR count). The second-order valence-corrected chi connectivity index (χ2v) is 5.96. The summed E-state index contributed by atoms with van der Waals surface area (Å²) >= 11 is 4.98. The number of hydrogen-bond donors (Lipinski definition) is 1. The number of aromatic amines is 1. The Morgan fingerprint density at radius 3 is 2.65 bits per heavy atom. The van der Waals surface area contributed by atoms with E-state index in [2.05, 4.69) is 27.4 Å². The zero-order valence-electron chi connectivity index (χ0n) is 14.0. The molecule has 0 unspecified atom stereocenters. The minimum absolute atomic E-state index is 0.145. The molecule has 0 aliphatic rings. The molecule has 1 N–H and O–H groups in total. The van der Waals surface area contributed by atoms with Gasteiger partial charge in [0.15, 0.2) is 0 Å². The molecule has 0 radical (unpaired) electrons. The Kier molecular flexibility index (Phi) is 6.05. The van der Waals surface area contributed by atoms with Crippen molar-refractivity contribution in [2.24, 2.45) is 5.10 Å². The number of aromatic nitrogens is 3. The molecule has 2 aromatic carbocycles. The third kappa shape index (κ3) is 4.97. The highest BCUT2D eigenvalue weighted by molar-refractivity contribution is 7.71. The van der Waals surface area contributed by atoms with E-state index < -0.39 is 0 Å². The van der Waals surface area contributed by atoms with E-state index in [1.54, 1.807) is 6.21 Å². The Labute approximate surface area is 155 Å². The van der Waals surface area contributed by atoms with E-state index in [9.17, 15) is 4.79 Å². The molecule has 0 bridgehead atoms.